The number of hydrogen-bond donors (Lipinski definition) is 1. The van der Waals surface area contributed by atoms with Crippen molar-refractivity contribution in [3.8, 4) is 17.1 Å². The van der Waals surface area contributed by atoms with Gasteiger partial charge in [-0.25, -0.2) is 9.07 Å². The van der Waals surface area contributed by atoms with Crippen molar-refractivity contribution in [2.45, 2.75) is 33.1 Å². The third-order valence-corrected chi connectivity index (χ3v) is 4.71. The summed E-state index contributed by atoms with van der Waals surface area (Å²) in [6, 6.07) is 14.7. The van der Waals surface area contributed by atoms with Crippen LogP contribution in [0.4, 0.5) is 10.2 Å². The summed E-state index contributed by atoms with van der Waals surface area (Å²) >= 11 is 0. The second-order valence-electron chi connectivity index (χ2n) is 8.23. The lowest BCUT2D eigenvalue weighted by atomic mass is 9.92. The largest absolute Gasteiger partial charge is 0.334 e. The van der Waals surface area contributed by atoms with Crippen molar-refractivity contribution < 1.29 is 13.7 Å². The lowest BCUT2D eigenvalue weighted by Gasteiger charge is -2.14. The van der Waals surface area contributed by atoms with Crippen LogP contribution in [0.2, 0.25) is 0 Å². The summed E-state index contributed by atoms with van der Waals surface area (Å²) < 4.78 is 20.1. The lowest BCUT2D eigenvalue weighted by Crippen LogP contribution is -2.15. The van der Waals surface area contributed by atoms with Gasteiger partial charge in [0.1, 0.15) is 11.6 Å². The van der Waals surface area contributed by atoms with E-state index in [1.54, 1.807) is 48.0 Å². The molecule has 0 bridgehead atoms. The molecule has 2 heterocycles. The topological polar surface area (TPSA) is 85.8 Å². The SMILES string of the molecule is Cc1noc(-c2ccc(C(=O)Nc3cc(C(C)(C)C)nn3-c3ccc(F)cc3)cc2)n1. The normalized spacial score (nSPS) is 11.5. The second-order valence-corrected chi connectivity index (χ2v) is 8.23. The molecule has 0 fully saturated rings. The first-order valence-electron chi connectivity index (χ1n) is 9.79. The highest BCUT2D eigenvalue weighted by molar-refractivity contribution is 6.04. The van der Waals surface area contributed by atoms with Crippen LogP contribution >= 0.6 is 0 Å². The Hall–Kier alpha value is -3.81. The van der Waals surface area contributed by atoms with E-state index in [0.717, 1.165) is 11.3 Å². The number of halogens is 1. The summed E-state index contributed by atoms with van der Waals surface area (Å²) in [7, 11) is 0. The number of amides is 1. The zero-order valence-electron chi connectivity index (χ0n) is 17.7. The van der Waals surface area contributed by atoms with Gasteiger partial charge in [0.05, 0.1) is 11.4 Å². The summed E-state index contributed by atoms with van der Waals surface area (Å²) in [5.74, 6) is 0.804. The molecule has 0 unspecified atom stereocenters. The van der Waals surface area contributed by atoms with E-state index in [2.05, 4.69) is 20.6 Å². The second kappa shape index (κ2) is 7.79. The molecule has 2 aromatic carbocycles. The Kier molecular flexibility index (Phi) is 5.14. The molecule has 1 amide bonds. The Morgan fingerprint density at radius 3 is 2.32 bits per heavy atom. The average Bonchev–Trinajstić information content (AvgIpc) is 3.35. The molecule has 4 aromatic rings. The fraction of sp³-hybridized carbons (Fsp3) is 0.217. The first-order valence-corrected chi connectivity index (χ1v) is 9.79. The maximum absolute atomic E-state index is 13.4. The molecular formula is C23H22FN5O2. The van der Waals surface area contributed by atoms with Crippen LogP contribution in [0.25, 0.3) is 17.1 Å². The van der Waals surface area contributed by atoms with Crippen LogP contribution in [0.1, 0.15) is 42.6 Å². The van der Waals surface area contributed by atoms with Gasteiger partial charge in [0.15, 0.2) is 5.82 Å². The van der Waals surface area contributed by atoms with E-state index in [4.69, 9.17) is 4.52 Å². The molecular weight excluding hydrogens is 397 g/mol. The molecule has 0 atom stereocenters. The monoisotopic (exact) mass is 419 g/mol. The Bertz CT molecular complexity index is 1220. The van der Waals surface area contributed by atoms with Crippen LogP contribution in [0.5, 0.6) is 0 Å². The van der Waals surface area contributed by atoms with Gasteiger partial charge in [-0.05, 0) is 55.5 Å². The fourth-order valence-corrected chi connectivity index (χ4v) is 2.98. The smallest absolute Gasteiger partial charge is 0.257 e. The maximum atomic E-state index is 13.4. The molecule has 31 heavy (non-hydrogen) atoms. The Labute approximate surface area is 178 Å². The number of hydrogen-bond acceptors (Lipinski definition) is 5. The molecule has 4 rings (SSSR count). The number of nitrogens with one attached hydrogen (secondary N) is 1. The predicted octanol–water partition coefficient (Wildman–Crippen LogP) is 4.92. The van der Waals surface area contributed by atoms with E-state index >= 15 is 0 Å². The van der Waals surface area contributed by atoms with E-state index in [1.165, 1.54) is 12.1 Å². The molecule has 0 saturated carbocycles. The van der Waals surface area contributed by atoms with Crippen LogP contribution in [-0.4, -0.2) is 25.8 Å². The minimum atomic E-state index is -0.339. The minimum absolute atomic E-state index is 0.228. The highest BCUT2D eigenvalue weighted by Crippen LogP contribution is 2.27. The average molecular weight is 419 g/mol. The van der Waals surface area contributed by atoms with Crippen LogP contribution in [-0.2, 0) is 5.41 Å². The Balaban J connectivity index is 1.62. The highest BCUT2D eigenvalue weighted by atomic mass is 19.1. The molecule has 0 aliphatic carbocycles. The molecule has 158 valence electrons. The maximum Gasteiger partial charge on any atom is 0.257 e. The Morgan fingerprint density at radius 2 is 1.74 bits per heavy atom. The van der Waals surface area contributed by atoms with Crippen LogP contribution in [0.15, 0.2) is 59.1 Å². The quantitative estimate of drug-likeness (QED) is 0.507. The number of carbonyl (C=O) groups excluding carboxylic acids is 1. The zero-order valence-corrected chi connectivity index (χ0v) is 17.7. The van der Waals surface area contributed by atoms with Gasteiger partial charge in [-0.3, -0.25) is 4.79 Å². The molecule has 8 heteroatoms. The minimum Gasteiger partial charge on any atom is -0.334 e. The first kappa shape index (κ1) is 20.5. The van der Waals surface area contributed by atoms with Gasteiger partial charge in [0, 0.05) is 22.6 Å². The lowest BCUT2D eigenvalue weighted by molar-refractivity contribution is 0.102. The molecule has 0 aliphatic rings. The van der Waals surface area contributed by atoms with Crippen LogP contribution in [0.3, 0.4) is 0 Å². The molecule has 0 spiro atoms. The third-order valence-electron chi connectivity index (χ3n) is 4.71. The van der Waals surface area contributed by atoms with Gasteiger partial charge in [-0.2, -0.15) is 10.1 Å². The van der Waals surface area contributed by atoms with E-state index in [0.29, 0.717) is 28.8 Å². The van der Waals surface area contributed by atoms with E-state index in [-0.39, 0.29) is 17.1 Å². The molecule has 7 nitrogen and oxygen atoms in total. The van der Waals surface area contributed by atoms with Gasteiger partial charge in [0.2, 0.25) is 0 Å². The van der Waals surface area contributed by atoms with Gasteiger partial charge < -0.3 is 9.84 Å². The number of benzene rings is 2. The third kappa shape index (κ3) is 4.37. The fourth-order valence-electron chi connectivity index (χ4n) is 2.98. The van der Waals surface area contributed by atoms with Crippen LogP contribution in [0, 0.1) is 12.7 Å². The molecule has 2 aromatic heterocycles. The number of carbonyl (C=O) groups is 1. The number of rotatable bonds is 4. The van der Waals surface area contributed by atoms with Gasteiger partial charge in [-0.15, -0.1) is 0 Å². The summed E-state index contributed by atoms with van der Waals surface area (Å²) in [4.78, 5) is 17.1. The summed E-state index contributed by atoms with van der Waals surface area (Å²) in [6.45, 7) is 7.85. The number of aromatic nitrogens is 4. The summed E-state index contributed by atoms with van der Waals surface area (Å²) in [6.07, 6.45) is 0. The number of anilines is 1. The first-order chi connectivity index (χ1) is 14.7. The van der Waals surface area contributed by atoms with E-state index < -0.39 is 0 Å². The zero-order chi connectivity index (χ0) is 22.2. The standard InChI is InChI=1S/C23H22FN5O2/c1-14-25-22(31-28-14)16-7-5-15(6-8-16)21(30)26-20-13-19(23(2,3)4)27-29(20)18-11-9-17(24)10-12-18/h5-13H,1-4H3,(H,26,30). The van der Waals surface area contributed by atoms with E-state index in [1.807, 2.05) is 26.8 Å². The van der Waals surface area contributed by atoms with Gasteiger partial charge >= 0.3 is 0 Å². The predicted molar refractivity (Wildman–Crippen MR) is 115 cm³/mol. The molecule has 0 radical (unpaired) electrons. The van der Waals surface area contributed by atoms with Crippen molar-refractivity contribution in [3.05, 3.63) is 77.5 Å². The van der Waals surface area contributed by atoms with Crippen molar-refractivity contribution in [1.29, 1.82) is 0 Å². The molecule has 1 N–H and O–H groups in total. The van der Waals surface area contributed by atoms with Gasteiger partial charge in [-0.1, -0.05) is 25.9 Å². The summed E-state index contributed by atoms with van der Waals surface area (Å²) in [5.41, 5.74) is 2.41. The molecule has 0 saturated heterocycles. The van der Waals surface area contributed by atoms with Crippen molar-refractivity contribution in [1.82, 2.24) is 19.9 Å². The van der Waals surface area contributed by atoms with Crippen molar-refractivity contribution in [2.75, 3.05) is 5.32 Å². The number of nitrogens with zero attached hydrogens (tertiary/aromatic N) is 4. The van der Waals surface area contributed by atoms with Crippen molar-refractivity contribution >= 4 is 11.7 Å². The van der Waals surface area contributed by atoms with Crippen molar-refractivity contribution in [3.63, 3.8) is 0 Å². The van der Waals surface area contributed by atoms with Gasteiger partial charge in [0.25, 0.3) is 11.8 Å². The van der Waals surface area contributed by atoms with Crippen molar-refractivity contribution in [2.24, 2.45) is 0 Å². The number of aryl methyl sites for hydroxylation is 1. The van der Waals surface area contributed by atoms with Crippen LogP contribution < -0.4 is 5.32 Å². The molecule has 0 aliphatic heterocycles. The highest BCUT2D eigenvalue weighted by Gasteiger charge is 2.22. The summed E-state index contributed by atoms with van der Waals surface area (Å²) in [5, 5.41) is 11.3. The Morgan fingerprint density at radius 1 is 1.06 bits per heavy atom. The van der Waals surface area contributed by atoms with E-state index in [9.17, 15) is 9.18 Å².